The van der Waals surface area contributed by atoms with Crippen LogP contribution in [0, 0.1) is 0 Å². The van der Waals surface area contributed by atoms with E-state index in [1.54, 1.807) is 0 Å². The number of aromatic nitrogens is 2. The van der Waals surface area contributed by atoms with Gasteiger partial charge in [0.05, 0.1) is 28.3 Å². The molecule has 7 aromatic rings. The Morgan fingerprint density at radius 2 is 1.23 bits per heavy atom. The fourth-order valence-electron chi connectivity index (χ4n) is 6.26. The first-order valence-electron chi connectivity index (χ1n) is 13.8. The Hall–Kier alpha value is -5.15. The van der Waals surface area contributed by atoms with Crippen molar-refractivity contribution in [3.63, 3.8) is 0 Å². The van der Waals surface area contributed by atoms with Gasteiger partial charge in [0, 0.05) is 40.2 Å². The van der Waals surface area contributed by atoms with Crippen molar-refractivity contribution in [1.29, 1.82) is 0 Å². The van der Waals surface area contributed by atoms with E-state index in [1.165, 1.54) is 49.7 Å². The van der Waals surface area contributed by atoms with Crippen LogP contribution in [0.3, 0.4) is 0 Å². The summed E-state index contributed by atoms with van der Waals surface area (Å²) in [7, 11) is 0. The molecule has 3 heteroatoms. The van der Waals surface area contributed by atoms with Gasteiger partial charge < -0.3 is 9.13 Å². The number of hydrogen-bond donors (Lipinski definition) is 0. The summed E-state index contributed by atoms with van der Waals surface area (Å²) in [6.45, 7) is 0. The zero-order valence-corrected chi connectivity index (χ0v) is 22.0. The average Bonchev–Trinajstić information content (AvgIpc) is 3.61. The van der Waals surface area contributed by atoms with Crippen molar-refractivity contribution in [1.82, 2.24) is 9.13 Å². The first-order valence-corrected chi connectivity index (χ1v) is 13.8. The van der Waals surface area contributed by atoms with Crippen molar-refractivity contribution in [3.05, 3.63) is 157 Å². The molecule has 0 aliphatic carbocycles. The molecule has 0 fully saturated rings. The maximum atomic E-state index is 5.25. The SMILES string of the molecule is C1=C(n2c3ccccc3c3c4ccn(-c5ccccc5)c4ccc32)CC(c2ccccc2)N=C1c1ccccc1. The molecule has 2 aromatic heterocycles. The molecule has 0 saturated heterocycles. The first kappa shape index (κ1) is 22.8. The Bertz CT molecular complexity index is 2060. The van der Waals surface area contributed by atoms with Gasteiger partial charge in [-0.3, -0.25) is 4.99 Å². The van der Waals surface area contributed by atoms with E-state index in [0.717, 1.165) is 17.7 Å². The highest BCUT2D eigenvalue weighted by Gasteiger charge is 2.24. The molecule has 1 atom stereocenters. The van der Waals surface area contributed by atoms with Gasteiger partial charge >= 0.3 is 0 Å². The second kappa shape index (κ2) is 9.25. The fourth-order valence-corrected chi connectivity index (χ4v) is 6.26. The number of aliphatic imine (C=N–C) groups is 1. The molecule has 3 heterocycles. The van der Waals surface area contributed by atoms with Crippen LogP contribution in [0.1, 0.15) is 23.6 Å². The first-order chi connectivity index (χ1) is 19.8. The highest BCUT2D eigenvalue weighted by molar-refractivity contribution is 6.22. The van der Waals surface area contributed by atoms with Gasteiger partial charge in [0.2, 0.25) is 0 Å². The quantitative estimate of drug-likeness (QED) is 0.224. The number of nitrogens with zero attached hydrogens (tertiary/aromatic N) is 3. The molecule has 0 amide bonds. The third-order valence-electron chi connectivity index (χ3n) is 8.08. The number of para-hydroxylation sites is 2. The Balaban J connectivity index is 1.38. The van der Waals surface area contributed by atoms with E-state index < -0.39 is 0 Å². The molecule has 190 valence electrons. The average molecular weight is 514 g/mol. The van der Waals surface area contributed by atoms with Crippen molar-refractivity contribution in [2.75, 3.05) is 0 Å². The minimum atomic E-state index is 0.0514. The van der Waals surface area contributed by atoms with Crippen LogP contribution in [0.2, 0.25) is 0 Å². The van der Waals surface area contributed by atoms with E-state index >= 15 is 0 Å². The van der Waals surface area contributed by atoms with Gasteiger partial charge in [-0.1, -0.05) is 97.1 Å². The summed E-state index contributed by atoms with van der Waals surface area (Å²) in [6, 6.07) is 47.5. The zero-order chi connectivity index (χ0) is 26.5. The zero-order valence-electron chi connectivity index (χ0n) is 22.0. The molecule has 0 radical (unpaired) electrons. The Morgan fingerprint density at radius 3 is 2.02 bits per heavy atom. The van der Waals surface area contributed by atoms with Crippen LogP contribution < -0.4 is 0 Å². The molecule has 3 nitrogen and oxygen atoms in total. The largest absolute Gasteiger partial charge is 0.317 e. The number of rotatable bonds is 4. The maximum Gasteiger partial charge on any atom is 0.0811 e. The van der Waals surface area contributed by atoms with Gasteiger partial charge in [0.15, 0.2) is 0 Å². The number of fused-ring (bicyclic) bond motifs is 5. The van der Waals surface area contributed by atoms with Crippen LogP contribution in [0.5, 0.6) is 0 Å². The Kier molecular flexibility index (Phi) is 5.27. The molecule has 5 aromatic carbocycles. The molecule has 0 saturated carbocycles. The third-order valence-corrected chi connectivity index (χ3v) is 8.08. The summed E-state index contributed by atoms with van der Waals surface area (Å²) in [5, 5.41) is 3.84. The number of dihydropyridines is 1. The van der Waals surface area contributed by atoms with Gasteiger partial charge in [0.25, 0.3) is 0 Å². The monoisotopic (exact) mass is 513 g/mol. The predicted octanol–water partition coefficient (Wildman–Crippen LogP) is 9.21. The number of benzene rings is 5. The number of hydrogen-bond acceptors (Lipinski definition) is 1. The molecule has 0 spiro atoms. The smallest absolute Gasteiger partial charge is 0.0811 e. The molecule has 8 rings (SSSR count). The van der Waals surface area contributed by atoms with E-state index in [1.807, 2.05) is 0 Å². The second-order valence-corrected chi connectivity index (χ2v) is 10.4. The molecule has 1 aliphatic rings. The van der Waals surface area contributed by atoms with E-state index in [-0.39, 0.29) is 6.04 Å². The Labute approximate surface area is 233 Å². The van der Waals surface area contributed by atoms with E-state index in [4.69, 9.17) is 4.99 Å². The van der Waals surface area contributed by atoms with Gasteiger partial charge in [0.1, 0.15) is 0 Å². The topological polar surface area (TPSA) is 22.2 Å². The molecule has 0 bridgehead atoms. The van der Waals surface area contributed by atoms with Crippen molar-refractivity contribution < 1.29 is 0 Å². The van der Waals surface area contributed by atoms with E-state index in [0.29, 0.717) is 0 Å². The number of allylic oxidation sites excluding steroid dienone is 1. The molecule has 1 aliphatic heterocycles. The van der Waals surface area contributed by atoms with Crippen LogP contribution >= 0.6 is 0 Å². The third kappa shape index (κ3) is 3.63. The Morgan fingerprint density at radius 1 is 0.575 bits per heavy atom. The van der Waals surface area contributed by atoms with Gasteiger partial charge in [-0.2, -0.15) is 0 Å². The lowest BCUT2D eigenvalue weighted by atomic mass is 9.96. The lowest BCUT2D eigenvalue weighted by molar-refractivity contribution is 0.730. The fraction of sp³-hybridized carbons (Fsp3) is 0.0541. The van der Waals surface area contributed by atoms with Crippen molar-refractivity contribution >= 4 is 44.1 Å². The normalized spacial score (nSPS) is 15.4. The minimum Gasteiger partial charge on any atom is -0.317 e. The lowest BCUT2D eigenvalue weighted by Crippen LogP contribution is -2.13. The predicted molar refractivity (Wildman–Crippen MR) is 167 cm³/mol. The van der Waals surface area contributed by atoms with Gasteiger partial charge in [-0.15, -0.1) is 0 Å². The van der Waals surface area contributed by atoms with Crippen molar-refractivity contribution in [2.45, 2.75) is 12.5 Å². The summed E-state index contributed by atoms with van der Waals surface area (Å²) >= 11 is 0. The highest BCUT2D eigenvalue weighted by Crippen LogP contribution is 2.41. The van der Waals surface area contributed by atoms with Crippen LogP contribution in [0.15, 0.2) is 151 Å². The van der Waals surface area contributed by atoms with Crippen molar-refractivity contribution in [2.24, 2.45) is 4.99 Å². The van der Waals surface area contributed by atoms with Gasteiger partial charge in [-0.05, 0) is 53.6 Å². The van der Waals surface area contributed by atoms with Crippen LogP contribution in [-0.4, -0.2) is 14.8 Å². The molecule has 40 heavy (non-hydrogen) atoms. The summed E-state index contributed by atoms with van der Waals surface area (Å²) in [4.78, 5) is 5.25. The molecule has 1 unspecified atom stereocenters. The summed E-state index contributed by atoms with van der Waals surface area (Å²) in [6.07, 6.45) is 5.31. The van der Waals surface area contributed by atoms with Crippen LogP contribution in [0.4, 0.5) is 0 Å². The highest BCUT2D eigenvalue weighted by atomic mass is 15.0. The van der Waals surface area contributed by atoms with Crippen LogP contribution in [-0.2, 0) is 0 Å². The van der Waals surface area contributed by atoms with Crippen LogP contribution in [0.25, 0.3) is 44.1 Å². The van der Waals surface area contributed by atoms with Crippen molar-refractivity contribution in [3.8, 4) is 5.69 Å². The van der Waals surface area contributed by atoms with Gasteiger partial charge in [-0.25, -0.2) is 0 Å². The van der Waals surface area contributed by atoms with E-state index in [9.17, 15) is 0 Å². The lowest BCUT2D eigenvalue weighted by Gasteiger charge is -2.24. The standard InChI is InChI=1S/C37H27N3/c1-4-12-26(13-5-1)32-24-29(25-33(38-32)27-14-6-2-7-15-27)40-35-19-11-10-18-30(35)37-31-22-23-39(28-16-8-3-9-17-28)34(31)20-21-36(37)40/h1-24,33H,25H2. The summed E-state index contributed by atoms with van der Waals surface area (Å²) in [5.41, 5.74) is 9.51. The maximum absolute atomic E-state index is 5.25. The summed E-state index contributed by atoms with van der Waals surface area (Å²) < 4.78 is 4.75. The second-order valence-electron chi connectivity index (χ2n) is 10.4. The summed E-state index contributed by atoms with van der Waals surface area (Å²) in [5.74, 6) is 0. The molecule has 0 N–H and O–H groups in total. The van der Waals surface area contributed by atoms with E-state index in [2.05, 4.69) is 155 Å². The molecular weight excluding hydrogens is 486 g/mol. The molecular formula is C37H27N3. The minimum absolute atomic E-state index is 0.0514.